The van der Waals surface area contributed by atoms with E-state index < -0.39 is 5.41 Å². The topological polar surface area (TPSA) is 29.1 Å². The van der Waals surface area contributed by atoms with Gasteiger partial charge in [-0.3, -0.25) is 4.79 Å². The molecule has 2 rings (SSSR count). The van der Waals surface area contributed by atoms with E-state index in [1.165, 1.54) is 5.56 Å². The van der Waals surface area contributed by atoms with Crippen molar-refractivity contribution in [3.8, 4) is 0 Å². The Bertz CT molecular complexity index is 590. The second kappa shape index (κ2) is 7.26. The molecule has 0 spiro atoms. The number of aryl methyl sites for hydroxylation is 1. The molecule has 2 aromatic rings. The highest BCUT2D eigenvalue weighted by molar-refractivity contribution is 5.87. The van der Waals surface area contributed by atoms with Gasteiger partial charge in [-0.05, 0) is 44.7 Å². The van der Waals surface area contributed by atoms with Crippen molar-refractivity contribution in [2.75, 3.05) is 0 Å². The van der Waals surface area contributed by atoms with Crippen LogP contribution in [-0.2, 0) is 16.6 Å². The van der Waals surface area contributed by atoms with Gasteiger partial charge in [0, 0.05) is 6.04 Å². The number of amides is 1. The summed E-state index contributed by atoms with van der Waals surface area (Å²) in [6.07, 6.45) is 1.93. The lowest BCUT2D eigenvalue weighted by Gasteiger charge is -2.26. The van der Waals surface area contributed by atoms with Crippen molar-refractivity contribution in [2.24, 2.45) is 0 Å². The molecule has 1 amide bonds. The zero-order chi connectivity index (χ0) is 16.0. The maximum Gasteiger partial charge on any atom is 0.230 e. The third-order valence-corrected chi connectivity index (χ3v) is 4.15. The summed E-state index contributed by atoms with van der Waals surface area (Å²) in [5.74, 6) is 0.0826. The number of carbonyl (C=O) groups excluding carboxylic acids is 1. The summed E-state index contributed by atoms with van der Waals surface area (Å²) in [5.41, 5.74) is 1.84. The van der Waals surface area contributed by atoms with Crippen molar-refractivity contribution in [1.82, 2.24) is 5.32 Å². The zero-order valence-electron chi connectivity index (χ0n) is 13.7. The molecular formula is C20H25NO. The van der Waals surface area contributed by atoms with E-state index in [2.05, 4.69) is 36.5 Å². The largest absolute Gasteiger partial charge is 0.353 e. The first-order chi connectivity index (χ1) is 10.5. The summed E-state index contributed by atoms with van der Waals surface area (Å²) in [6, 6.07) is 20.5. The first kappa shape index (κ1) is 16.3. The number of hydrogen-bond donors (Lipinski definition) is 1. The minimum absolute atomic E-state index is 0.0826. The van der Waals surface area contributed by atoms with Crippen LogP contribution in [0.2, 0.25) is 0 Å². The van der Waals surface area contributed by atoms with Gasteiger partial charge in [-0.1, -0.05) is 60.7 Å². The molecule has 2 nitrogen and oxygen atoms in total. The van der Waals surface area contributed by atoms with Gasteiger partial charge in [-0.2, -0.15) is 0 Å². The van der Waals surface area contributed by atoms with Crippen molar-refractivity contribution in [1.29, 1.82) is 0 Å². The van der Waals surface area contributed by atoms with Crippen LogP contribution < -0.4 is 5.32 Å². The summed E-state index contributed by atoms with van der Waals surface area (Å²) < 4.78 is 0. The summed E-state index contributed by atoms with van der Waals surface area (Å²) >= 11 is 0. The average molecular weight is 295 g/mol. The Balaban J connectivity index is 1.91. The van der Waals surface area contributed by atoms with Gasteiger partial charge in [0.2, 0.25) is 5.91 Å². The van der Waals surface area contributed by atoms with E-state index in [-0.39, 0.29) is 11.9 Å². The molecule has 2 heteroatoms. The summed E-state index contributed by atoms with van der Waals surface area (Å²) in [6.45, 7) is 6.02. The van der Waals surface area contributed by atoms with Crippen LogP contribution in [0.4, 0.5) is 0 Å². The van der Waals surface area contributed by atoms with Crippen LogP contribution in [0.15, 0.2) is 60.7 Å². The molecule has 0 aliphatic carbocycles. The molecule has 0 aromatic heterocycles. The fourth-order valence-corrected chi connectivity index (χ4v) is 2.49. The van der Waals surface area contributed by atoms with Gasteiger partial charge in [0.05, 0.1) is 5.41 Å². The van der Waals surface area contributed by atoms with E-state index in [9.17, 15) is 4.79 Å². The third-order valence-electron chi connectivity index (χ3n) is 4.15. The molecule has 116 valence electrons. The summed E-state index contributed by atoms with van der Waals surface area (Å²) in [5, 5.41) is 3.15. The van der Waals surface area contributed by atoms with Crippen molar-refractivity contribution in [2.45, 2.75) is 45.1 Å². The van der Waals surface area contributed by atoms with Crippen molar-refractivity contribution in [3.63, 3.8) is 0 Å². The molecule has 0 aliphatic heterocycles. The molecule has 0 saturated carbocycles. The van der Waals surface area contributed by atoms with Gasteiger partial charge >= 0.3 is 0 Å². The van der Waals surface area contributed by atoms with E-state index in [1.807, 2.05) is 50.2 Å². The first-order valence-electron chi connectivity index (χ1n) is 7.90. The minimum atomic E-state index is -0.512. The van der Waals surface area contributed by atoms with E-state index >= 15 is 0 Å². The van der Waals surface area contributed by atoms with Crippen LogP contribution in [0.25, 0.3) is 0 Å². The predicted octanol–water partition coefficient (Wildman–Crippen LogP) is 4.10. The fourth-order valence-electron chi connectivity index (χ4n) is 2.49. The van der Waals surface area contributed by atoms with Crippen LogP contribution in [0.1, 0.15) is 38.3 Å². The lowest BCUT2D eigenvalue weighted by atomic mass is 9.83. The first-order valence-corrected chi connectivity index (χ1v) is 7.90. The van der Waals surface area contributed by atoms with E-state index in [1.54, 1.807) is 0 Å². The number of carbonyl (C=O) groups is 1. The Morgan fingerprint density at radius 1 is 1.00 bits per heavy atom. The Labute approximate surface area is 133 Å². The van der Waals surface area contributed by atoms with Crippen molar-refractivity contribution < 1.29 is 4.79 Å². The highest BCUT2D eigenvalue weighted by Crippen LogP contribution is 2.23. The Kier molecular flexibility index (Phi) is 5.37. The summed E-state index contributed by atoms with van der Waals surface area (Å²) in [7, 11) is 0. The number of benzene rings is 2. The van der Waals surface area contributed by atoms with Gasteiger partial charge in [0.25, 0.3) is 0 Å². The number of hydrogen-bond acceptors (Lipinski definition) is 1. The van der Waals surface area contributed by atoms with Gasteiger partial charge in [-0.25, -0.2) is 0 Å². The molecule has 22 heavy (non-hydrogen) atoms. The van der Waals surface area contributed by atoms with E-state index in [0.29, 0.717) is 0 Å². The van der Waals surface area contributed by atoms with Crippen LogP contribution in [0.5, 0.6) is 0 Å². The van der Waals surface area contributed by atoms with E-state index in [0.717, 1.165) is 18.4 Å². The van der Waals surface area contributed by atoms with Gasteiger partial charge in [0.1, 0.15) is 0 Å². The van der Waals surface area contributed by atoms with Gasteiger partial charge < -0.3 is 5.32 Å². The van der Waals surface area contributed by atoms with E-state index in [4.69, 9.17) is 0 Å². The van der Waals surface area contributed by atoms with Crippen LogP contribution in [-0.4, -0.2) is 11.9 Å². The second-order valence-corrected chi connectivity index (χ2v) is 6.39. The Morgan fingerprint density at radius 2 is 1.55 bits per heavy atom. The van der Waals surface area contributed by atoms with Gasteiger partial charge in [0.15, 0.2) is 0 Å². The Morgan fingerprint density at radius 3 is 2.14 bits per heavy atom. The predicted molar refractivity (Wildman–Crippen MR) is 91.8 cm³/mol. The molecule has 0 bridgehead atoms. The third kappa shape index (κ3) is 4.20. The van der Waals surface area contributed by atoms with Gasteiger partial charge in [-0.15, -0.1) is 0 Å². The van der Waals surface area contributed by atoms with Crippen LogP contribution in [0, 0.1) is 0 Å². The normalized spacial score (nSPS) is 12.7. The smallest absolute Gasteiger partial charge is 0.230 e. The molecule has 0 fully saturated rings. The second-order valence-electron chi connectivity index (χ2n) is 6.39. The Hall–Kier alpha value is -2.09. The molecule has 0 radical (unpaired) electrons. The zero-order valence-corrected chi connectivity index (χ0v) is 13.7. The fraction of sp³-hybridized carbons (Fsp3) is 0.350. The highest BCUT2D eigenvalue weighted by Gasteiger charge is 2.30. The monoisotopic (exact) mass is 295 g/mol. The molecule has 0 aliphatic rings. The maximum atomic E-state index is 12.6. The highest BCUT2D eigenvalue weighted by atomic mass is 16.2. The maximum absolute atomic E-state index is 12.6. The van der Waals surface area contributed by atoms with Crippen molar-refractivity contribution >= 4 is 5.91 Å². The molecule has 1 atom stereocenters. The quantitative estimate of drug-likeness (QED) is 0.854. The average Bonchev–Trinajstić information content (AvgIpc) is 2.54. The van der Waals surface area contributed by atoms with Crippen LogP contribution in [0.3, 0.4) is 0 Å². The lowest BCUT2D eigenvalue weighted by Crippen LogP contribution is -2.44. The molecule has 1 unspecified atom stereocenters. The molecular weight excluding hydrogens is 270 g/mol. The van der Waals surface area contributed by atoms with Crippen molar-refractivity contribution in [3.05, 3.63) is 71.8 Å². The standard InChI is InChI=1S/C20H25NO/c1-16(14-15-17-10-6-4-7-11-17)21-19(22)20(2,3)18-12-8-5-9-13-18/h4-13,16H,14-15H2,1-3H3,(H,21,22). The van der Waals surface area contributed by atoms with Crippen LogP contribution >= 0.6 is 0 Å². The molecule has 1 N–H and O–H groups in total. The summed E-state index contributed by atoms with van der Waals surface area (Å²) in [4.78, 5) is 12.6. The molecule has 0 heterocycles. The minimum Gasteiger partial charge on any atom is -0.353 e. The SMILES string of the molecule is CC(CCc1ccccc1)NC(=O)C(C)(C)c1ccccc1. The molecule has 2 aromatic carbocycles. The number of nitrogens with one attached hydrogen (secondary N) is 1. The number of rotatable bonds is 6. The molecule has 0 saturated heterocycles. The lowest BCUT2D eigenvalue weighted by molar-refractivity contribution is -0.126.